The molecule has 0 radical (unpaired) electrons. The molecule has 4 nitrogen and oxygen atoms in total. The van der Waals surface area contributed by atoms with Gasteiger partial charge in [-0.25, -0.2) is 4.39 Å². The lowest BCUT2D eigenvalue weighted by Gasteiger charge is -2.06. The molecular weight excluding hydrogens is 247 g/mol. The maximum absolute atomic E-state index is 13.3. The van der Waals surface area contributed by atoms with Gasteiger partial charge in [0.25, 0.3) is 5.91 Å². The fourth-order valence-corrected chi connectivity index (χ4v) is 1.60. The second-order valence-electron chi connectivity index (χ2n) is 4.19. The van der Waals surface area contributed by atoms with Gasteiger partial charge in [0.15, 0.2) is 0 Å². The number of hydrogen-bond acceptors (Lipinski definition) is 2. The number of pyridine rings is 1. The molecule has 1 aromatic heterocycles. The van der Waals surface area contributed by atoms with E-state index in [4.69, 9.17) is 0 Å². The second-order valence-corrected chi connectivity index (χ2v) is 4.19. The number of hydrogen-bond donors (Lipinski definition) is 2. The molecule has 1 amide bonds. The molecule has 0 aliphatic carbocycles. The Morgan fingerprint density at radius 3 is 2.79 bits per heavy atom. The summed E-state index contributed by atoms with van der Waals surface area (Å²) >= 11 is 0. The van der Waals surface area contributed by atoms with Crippen LogP contribution in [0.2, 0.25) is 0 Å². The van der Waals surface area contributed by atoms with E-state index in [1.54, 1.807) is 19.1 Å². The predicted octanol–water partition coefficient (Wildman–Crippen LogP) is 1.75. The molecular formula is C14H13FN2O2. The van der Waals surface area contributed by atoms with Crippen LogP contribution in [-0.4, -0.2) is 10.9 Å². The van der Waals surface area contributed by atoms with Crippen molar-refractivity contribution in [3.8, 4) is 0 Å². The van der Waals surface area contributed by atoms with E-state index in [2.05, 4.69) is 10.3 Å². The number of benzene rings is 1. The lowest BCUT2D eigenvalue weighted by atomic mass is 10.1. The van der Waals surface area contributed by atoms with Gasteiger partial charge in [-0.3, -0.25) is 9.59 Å². The van der Waals surface area contributed by atoms with Crippen LogP contribution in [-0.2, 0) is 6.54 Å². The molecule has 2 rings (SSSR count). The molecule has 0 spiro atoms. The van der Waals surface area contributed by atoms with E-state index in [-0.39, 0.29) is 23.6 Å². The van der Waals surface area contributed by atoms with Crippen molar-refractivity contribution in [3.05, 3.63) is 69.4 Å². The van der Waals surface area contributed by atoms with Gasteiger partial charge in [-0.1, -0.05) is 18.2 Å². The van der Waals surface area contributed by atoms with Gasteiger partial charge in [0.05, 0.1) is 0 Å². The Labute approximate surface area is 109 Å². The van der Waals surface area contributed by atoms with Crippen LogP contribution in [0, 0.1) is 12.7 Å². The maximum Gasteiger partial charge on any atom is 0.268 e. The number of carbonyl (C=O) groups excluding carboxylic acids is 1. The summed E-state index contributed by atoms with van der Waals surface area (Å²) in [4.78, 5) is 25.2. The summed E-state index contributed by atoms with van der Waals surface area (Å²) in [5.74, 6) is -0.710. The number of aryl methyl sites for hydroxylation is 1. The highest BCUT2D eigenvalue weighted by molar-refractivity contribution is 5.92. The molecule has 0 atom stereocenters. The molecule has 98 valence electrons. The lowest BCUT2D eigenvalue weighted by Crippen LogP contribution is -2.25. The van der Waals surface area contributed by atoms with E-state index < -0.39 is 5.91 Å². The first-order chi connectivity index (χ1) is 9.06. The van der Waals surface area contributed by atoms with Crippen LogP contribution in [0.4, 0.5) is 4.39 Å². The van der Waals surface area contributed by atoms with Crippen molar-refractivity contribution >= 4 is 5.91 Å². The van der Waals surface area contributed by atoms with Crippen LogP contribution >= 0.6 is 0 Å². The summed E-state index contributed by atoms with van der Waals surface area (Å²) in [6.45, 7) is 1.87. The molecule has 0 aliphatic rings. The van der Waals surface area contributed by atoms with Crippen molar-refractivity contribution in [1.29, 1.82) is 0 Å². The predicted molar refractivity (Wildman–Crippen MR) is 69.4 cm³/mol. The highest BCUT2D eigenvalue weighted by Gasteiger charge is 2.06. The Bertz CT molecular complexity index is 664. The SMILES string of the molecule is Cc1ccc(CNC(=O)c2cccc(=O)[nH]2)cc1F. The Morgan fingerprint density at radius 1 is 1.32 bits per heavy atom. The van der Waals surface area contributed by atoms with E-state index >= 15 is 0 Å². The van der Waals surface area contributed by atoms with Crippen LogP contribution in [0.1, 0.15) is 21.6 Å². The second kappa shape index (κ2) is 5.48. The van der Waals surface area contributed by atoms with Gasteiger partial charge < -0.3 is 10.3 Å². The molecule has 19 heavy (non-hydrogen) atoms. The van der Waals surface area contributed by atoms with Gasteiger partial charge >= 0.3 is 0 Å². The van der Waals surface area contributed by atoms with Crippen molar-refractivity contribution in [2.45, 2.75) is 13.5 Å². The number of aromatic amines is 1. The van der Waals surface area contributed by atoms with Crippen LogP contribution in [0.3, 0.4) is 0 Å². The Kier molecular flexibility index (Phi) is 3.75. The summed E-state index contributed by atoms with van der Waals surface area (Å²) in [7, 11) is 0. The summed E-state index contributed by atoms with van der Waals surface area (Å²) in [5, 5.41) is 2.61. The van der Waals surface area contributed by atoms with E-state index in [1.165, 1.54) is 24.3 Å². The summed E-state index contributed by atoms with van der Waals surface area (Å²) in [6, 6.07) is 9.11. The minimum Gasteiger partial charge on any atom is -0.347 e. The van der Waals surface area contributed by atoms with Gasteiger partial charge in [0.2, 0.25) is 5.56 Å². The van der Waals surface area contributed by atoms with Crippen LogP contribution in [0.5, 0.6) is 0 Å². The smallest absolute Gasteiger partial charge is 0.268 e. The fraction of sp³-hybridized carbons (Fsp3) is 0.143. The number of rotatable bonds is 3. The quantitative estimate of drug-likeness (QED) is 0.883. The highest BCUT2D eigenvalue weighted by Crippen LogP contribution is 2.08. The summed E-state index contributed by atoms with van der Waals surface area (Å²) in [5.41, 5.74) is 1.06. The third-order valence-electron chi connectivity index (χ3n) is 2.70. The largest absolute Gasteiger partial charge is 0.347 e. The molecule has 0 unspecified atom stereocenters. The molecule has 1 heterocycles. The average Bonchev–Trinajstić information content (AvgIpc) is 2.40. The first kappa shape index (κ1) is 13.0. The monoisotopic (exact) mass is 260 g/mol. The highest BCUT2D eigenvalue weighted by atomic mass is 19.1. The fourth-order valence-electron chi connectivity index (χ4n) is 1.60. The molecule has 0 saturated carbocycles. The topological polar surface area (TPSA) is 62.0 Å². The van der Waals surface area contributed by atoms with Gasteiger partial charge in [-0.2, -0.15) is 0 Å². The number of amides is 1. The molecule has 5 heteroatoms. The molecule has 0 bridgehead atoms. The average molecular weight is 260 g/mol. The zero-order valence-electron chi connectivity index (χ0n) is 10.4. The van der Waals surface area contributed by atoms with E-state index in [1.807, 2.05) is 0 Å². The molecule has 2 aromatic rings. The van der Waals surface area contributed by atoms with Gasteiger partial charge in [-0.15, -0.1) is 0 Å². The molecule has 1 aromatic carbocycles. The normalized spacial score (nSPS) is 10.2. The van der Waals surface area contributed by atoms with Crippen molar-refractivity contribution < 1.29 is 9.18 Å². The van der Waals surface area contributed by atoms with Crippen molar-refractivity contribution in [2.24, 2.45) is 0 Å². The standard InChI is InChI=1S/C14H13FN2O2/c1-9-5-6-10(7-11(9)15)8-16-14(19)12-3-2-4-13(18)17-12/h2-7H,8H2,1H3,(H,16,19)(H,17,18). The first-order valence-corrected chi connectivity index (χ1v) is 5.79. The van der Waals surface area contributed by atoms with Crippen LogP contribution in [0.15, 0.2) is 41.2 Å². The van der Waals surface area contributed by atoms with Crippen molar-refractivity contribution in [3.63, 3.8) is 0 Å². The van der Waals surface area contributed by atoms with Crippen molar-refractivity contribution in [1.82, 2.24) is 10.3 Å². The van der Waals surface area contributed by atoms with Gasteiger partial charge in [0.1, 0.15) is 11.5 Å². The summed E-state index contributed by atoms with van der Waals surface area (Å²) < 4.78 is 13.3. The van der Waals surface area contributed by atoms with Crippen LogP contribution < -0.4 is 10.9 Å². The molecule has 2 N–H and O–H groups in total. The number of carbonyl (C=O) groups is 1. The molecule has 0 aliphatic heterocycles. The van der Waals surface area contributed by atoms with Gasteiger partial charge in [-0.05, 0) is 30.2 Å². The Morgan fingerprint density at radius 2 is 2.11 bits per heavy atom. The summed E-state index contributed by atoms with van der Waals surface area (Å²) in [6.07, 6.45) is 0. The number of halogens is 1. The zero-order chi connectivity index (χ0) is 13.8. The van der Waals surface area contributed by atoms with Crippen LogP contribution in [0.25, 0.3) is 0 Å². The minimum absolute atomic E-state index is 0.181. The van der Waals surface area contributed by atoms with Gasteiger partial charge in [0, 0.05) is 12.6 Å². The minimum atomic E-state index is -0.404. The first-order valence-electron chi connectivity index (χ1n) is 5.79. The third-order valence-corrected chi connectivity index (χ3v) is 2.70. The Balaban J connectivity index is 2.04. The Hall–Kier alpha value is -2.43. The maximum atomic E-state index is 13.3. The van der Waals surface area contributed by atoms with E-state index in [9.17, 15) is 14.0 Å². The van der Waals surface area contributed by atoms with Crippen molar-refractivity contribution in [2.75, 3.05) is 0 Å². The van der Waals surface area contributed by atoms with E-state index in [0.29, 0.717) is 11.1 Å². The number of H-pyrrole nitrogens is 1. The third kappa shape index (κ3) is 3.28. The molecule has 0 fully saturated rings. The lowest BCUT2D eigenvalue weighted by molar-refractivity contribution is 0.0945. The number of nitrogens with one attached hydrogen (secondary N) is 2. The number of aromatic nitrogens is 1. The molecule has 0 saturated heterocycles. The van der Waals surface area contributed by atoms with E-state index in [0.717, 1.165) is 0 Å². The zero-order valence-corrected chi connectivity index (χ0v) is 10.4.